The molecule has 0 saturated heterocycles. The summed E-state index contributed by atoms with van der Waals surface area (Å²) in [5, 5.41) is 14.9. The molecule has 0 unspecified atom stereocenters. The Morgan fingerprint density at radius 1 is 1.20 bits per heavy atom. The van der Waals surface area contributed by atoms with E-state index in [4.69, 9.17) is 16.3 Å². The molecule has 0 spiro atoms. The van der Waals surface area contributed by atoms with Crippen LogP contribution >= 0.6 is 11.6 Å². The lowest BCUT2D eigenvalue weighted by atomic mass is 10.2. The minimum absolute atomic E-state index is 0.423. The minimum atomic E-state index is 0.423. The van der Waals surface area contributed by atoms with Crippen LogP contribution in [0.4, 0.5) is 17.5 Å². The van der Waals surface area contributed by atoms with E-state index in [2.05, 4.69) is 30.8 Å². The van der Waals surface area contributed by atoms with Gasteiger partial charge in [-0.05, 0) is 36.2 Å². The van der Waals surface area contributed by atoms with Gasteiger partial charge in [0.1, 0.15) is 5.75 Å². The monoisotopic (exact) mass is 356 g/mol. The number of hydrogen-bond acceptors (Lipinski definition) is 7. The summed E-state index contributed by atoms with van der Waals surface area (Å²) in [5.74, 6) is 1.60. The summed E-state index contributed by atoms with van der Waals surface area (Å²) < 4.78 is 5.36. The fourth-order valence-corrected chi connectivity index (χ4v) is 2.34. The second-order valence-electron chi connectivity index (χ2n) is 5.30. The second kappa shape index (κ2) is 7.76. The van der Waals surface area contributed by atoms with Crippen LogP contribution in [-0.4, -0.2) is 27.3 Å². The van der Waals surface area contributed by atoms with Gasteiger partial charge in [-0.2, -0.15) is 10.1 Å². The first kappa shape index (κ1) is 16.9. The first-order valence-electron chi connectivity index (χ1n) is 7.59. The lowest BCUT2D eigenvalue weighted by molar-refractivity contribution is 0.416. The molecule has 0 aliphatic rings. The molecule has 0 aliphatic heterocycles. The third-order valence-electron chi connectivity index (χ3n) is 3.50. The molecule has 25 heavy (non-hydrogen) atoms. The Bertz CT molecular complexity index is 859. The van der Waals surface area contributed by atoms with E-state index >= 15 is 0 Å². The predicted octanol–water partition coefficient (Wildman–Crippen LogP) is 3.59. The molecule has 0 amide bonds. The number of benzene rings is 1. The summed E-state index contributed by atoms with van der Waals surface area (Å²) in [6, 6.07) is 7.50. The Hall–Kier alpha value is -2.93. The smallest absolute Gasteiger partial charge is 0.244 e. The third-order valence-corrected chi connectivity index (χ3v) is 3.91. The number of nitrogens with one attached hydrogen (secondary N) is 2. The van der Waals surface area contributed by atoms with Crippen LogP contribution < -0.4 is 15.4 Å². The molecule has 128 valence electrons. The topological polar surface area (TPSA) is 84.9 Å². The minimum Gasteiger partial charge on any atom is -0.495 e. The highest BCUT2D eigenvalue weighted by molar-refractivity contribution is 6.31. The zero-order valence-electron chi connectivity index (χ0n) is 13.8. The van der Waals surface area contributed by atoms with Crippen LogP contribution in [0.2, 0.25) is 5.02 Å². The van der Waals surface area contributed by atoms with Gasteiger partial charge >= 0.3 is 0 Å². The highest BCUT2D eigenvalue weighted by Crippen LogP contribution is 2.32. The molecule has 0 fully saturated rings. The third kappa shape index (κ3) is 4.33. The summed E-state index contributed by atoms with van der Waals surface area (Å²) >= 11 is 6.13. The molecular weight excluding hydrogens is 340 g/mol. The quantitative estimate of drug-likeness (QED) is 0.698. The normalized spacial score (nSPS) is 10.4. The van der Waals surface area contributed by atoms with Crippen LogP contribution in [0.1, 0.15) is 11.1 Å². The molecule has 0 bridgehead atoms. The zero-order chi connectivity index (χ0) is 17.6. The van der Waals surface area contributed by atoms with Crippen LogP contribution in [0.25, 0.3) is 0 Å². The molecule has 0 radical (unpaired) electrons. The SMILES string of the molecule is COc1cc(Cl)c(C)cc1Nc1cnnc(NCc2ccncc2)n1. The summed E-state index contributed by atoms with van der Waals surface area (Å²) in [6.45, 7) is 2.50. The summed E-state index contributed by atoms with van der Waals surface area (Å²) in [6.07, 6.45) is 5.02. The van der Waals surface area contributed by atoms with Crippen molar-refractivity contribution in [3.8, 4) is 5.75 Å². The Morgan fingerprint density at radius 2 is 2.00 bits per heavy atom. The number of hydrogen-bond donors (Lipinski definition) is 2. The molecule has 3 aromatic rings. The zero-order valence-corrected chi connectivity index (χ0v) is 14.6. The van der Waals surface area contributed by atoms with Gasteiger partial charge in [0.25, 0.3) is 0 Å². The maximum atomic E-state index is 6.13. The Balaban J connectivity index is 1.75. The van der Waals surface area contributed by atoms with Crippen molar-refractivity contribution in [2.75, 3.05) is 17.7 Å². The Kier molecular flexibility index (Phi) is 5.25. The van der Waals surface area contributed by atoms with Crippen LogP contribution in [0.5, 0.6) is 5.75 Å². The largest absolute Gasteiger partial charge is 0.495 e. The van der Waals surface area contributed by atoms with Crippen molar-refractivity contribution < 1.29 is 4.74 Å². The predicted molar refractivity (Wildman–Crippen MR) is 97.4 cm³/mol. The average Bonchev–Trinajstić information content (AvgIpc) is 2.64. The maximum Gasteiger partial charge on any atom is 0.244 e. The summed E-state index contributed by atoms with van der Waals surface area (Å²) in [7, 11) is 1.59. The van der Waals surface area contributed by atoms with Crippen molar-refractivity contribution in [2.24, 2.45) is 0 Å². The fraction of sp³-hybridized carbons (Fsp3) is 0.176. The van der Waals surface area contributed by atoms with Crippen molar-refractivity contribution in [1.29, 1.82) is 0 Å². The van der Waals surface area contributed by atoms with Gasteiger partial charge in [-0.15, -0.1) is 5.10 Å². The van der Waals surface area contributed by atoms with Crippen molar-refractivity contribution in [3.63, 3.8) is 0 Å². The lowest BCUT2D eigenvalue weighted by Crippen LogP contribution is -2.06. The van der Waals surface area contributed by atoms with Gasteiger partial charge in [0, 0.05) is 30.0 Å². The van der Waals surface area contributed by atoms with Crippen molar-refractivity contribution >= 4 is 29.1 Å². The highest BCUT2D eigenvalue weighted by Gasteiger charge is 2.09. The van der Waals surface area contributed by atoms with Gasteiger partial charge < -0.3 is 15.4 Å². The van der Waals surface area contributed by atoms with Gasteiger partial charge in [-0.3, -0.25) is 4.98 Å². The average molecular weight is 357 g/mol. The Labute approximate surface area is 150 Å². The molecule has 0 saturated carbocycles. The Morgan fingerprint density at radius 3 is 2.76 bits per heavy atom. The van der Waals surface area contributed by atoms with E-state index in [1.54, 1.807) is 31.8 Å². The van der Waals surface area contributed by atoms with Gasteiger partial charge in [0.15, 0.2) is 5.82 Å². The van der Waals surface area contributed by atoms with Crippen molar-refractivity contribution in [3.05, 3.63) is 59.0 Å². The highest BCUT2D eigenvalue weighted by atomic mass is 35.5. The molecule has 2 aromatic heterocycles. The van der Waals surface area contributed by atoms with Crippen LogP contribution in [0, 0.1) is 6.92 Å². The number of nitrogens with zero attached hydrogens (tertiary/aromatic N) is 4. The first-order valence-corrected chi connectivity index (χ1v) is 7.97. The first-order chi connectivity index (χ1) is 12.2. The van der Waals surface area contributed by atoms with E-state index in [0.29, 0.717) is 29.1 Å². The maximum absolute atomic E-state index is 6.13. The van der Waals surface area contributed by atoms with E-state index in [1.807, 2.05) is 25.1 Å². The van der Waals surface area contributed by atoms with Gasteiger partial charge in [0.05, 0.1) is 19.0 Å². The van der Waals surface area contributed by atoms with Crippen LogP contribution in [0.3, 0.4) is 0 Å². The number of aromatic nitrogens is 4. The lowest BCUT2D eigenvalue weighted by Gasteiger charge is -2.13. The number of pyridine rings is 1. The van der Waals surface area contributed by atoms with E-state index in [1.165, 1.54) is 0 Å². The van der Waals surface area contributed by atoms with Crippen molar-refractivity contribution in [1.82, 2.24) is 20.2 Å². The molecule has 2 heterocycles. The van der Waals surface area contributed by atoms with Crippen LogP contribution in [-0.2, 0) is 6.54 Å². The molecule has 8 heteroatoms. The summed E-state index contributed by atoms with van der Waals surface area (Å²) in [5.41, 5.74) is 2.76. The molecule has 2 N–H and O–H groups in total. The molecule has 7 nitrogen and oxygen atoms in total. The van der Waals surface area contributed by atoms with Crippen LogP contribution in [0.15, 0.2) is 42.9 Å². The van der Waals surface area contributed by atoms with Gasteiger partial charge in [0.2, 0.25) is 5.95 Å². The van der Waals surface area contributed by atoms with E-state index < -0.39 is 0 Å². The van der Waals surface area contributed by atoms with E-state index in [-0.39, 0.29) is 0 Å². The van der Waals surface area contributed by atoms with Gasteiger partial charge in [-0.1, -0.05) is 11.6 Å². The number of anilines is 3. The molecule has 0 atom stereocenters. The number of methoxy groups -OCH3 is 1. The fourth-order valence-electron chi connectivity index (χ4n) is 2.19. The number of aryl methyl sites for hydroxylation is 1. The van der Waals surface area contributed by atoms with Crippen molar-refractivity contribution in [2.45, 2.75) is 13.5 Å². The molecular formula is C17H17ClN6O. The second-order valence-corrected chi connectivity index (χ2v) is 5.71. The van der Waals surface area contributed by atoms with E-state index in [0.717, 1.165) is 16.8 Å². The number of ether oxygens (including phenoxy) is 1. The summed E-state index contributed by atoms with van der Waals surface area (Å²) in [4.78, 5) is 8.40. The molecule has 0 aliphatic carbocycles. The van der Waals surface area contributed by atoms with E-state index in [9.17, 15) is 0 Å². The number of rotatable bonds is 6. The standard InChI is InChI=1S/C17H17ClN6O/c1-11-7-14(15(25-2)8-13(11)18)22-16-10-21-24-17(23-16)20-9-12-3-5-19-6-4-12/h3-8,10H,9H2,1-2H3,(H2,20,22,23,24). The molecule has 3 rings (SSSR count). The molecule has 1 aromatic carbocycles. The van der Waals surface area contributed by atoms with Gasteiger partial charge in [-0.25, -0.2) is 0 Å². The number of halogens is 1.